The number of carboxylic acids is 1. The van der Waals surface area contributed by atoms with Crippen molar-refractivity contribution in [3.8, 4) is 5.75 Å². The molecule has 1 aliphatic rings. The Bertz CT molecular complexity index is 547. The molecule has 0 radical (unpaired) electrons. The maximum absolute atomic E-state index is 13.5. The van der Waals surface area contributed by atoms with Crippen molar-refractivity contribution < 1.29 is 24.1 Å². The molecule has 0 saturated carbocycles. The second kappa shape index (κ2) is 7.26. The maximum atomic E-state index is 13.5. The van der Waals surface area contributed by atoms with Crippen molar-refractivity contribution >= 4 is 17.6 Å². The van der Waals surface area contributed by atoms with Crippen molar-refractivity contribution in [1.29, 1.82) is 0 Å². The number of hydrogen-bond acceptors (Lipinski definition) is 4. The molecule has 1 heterocycles. The van der Waals surface area contributed by atoms with Crippen molar-refractivity contribution in [1.82, 2.24) is 4.90 Å². The molecule has 22 heavy (non-hydrogen) atoms. The van der Waals surface area contributed by atoms with Crippen LogP contribution in [0.15, 0.2) is 12.1 Å². The fourth-order valence-corrected chi connectivity index (χ4v) is 3.12. The lowest BCUT2D eigenvalue weighted by molar-refractivity contribution is -0.153. The molecule has 0 aliphatic carbocycles. The number of phenolic OH excluding ortho intramolecular Hbond substituents is 1. The first kappa shape index (κ1) is 17.0. The van der Waals surface area contributed by atoms with Crippen LogP contribution in [0.5, 0.6) is 5.75 Å². The summed E-state index contributed by atoms with van der Waals surface area (Å²) in [5.41, 5.74) is 0.435. The Hall–Kier alpha value is -1.37. The van der Waals surface area contributed by atoms with Gasteiger partial charge in [0, 0.05) is 24.2 Å². The molecule has 1 fully saturated rings. The standard InChI is InChI=1S/C15H19ClFNO4/c1-22-14(15(20)21)9-2-4-18(5-3-9)8-10-6-11(16)7-12(17)13(10)19/h6-7,9,14,19H,2-5,8H2,1H3,(H,20,21). The number of carboxylic acid groups (broad SMARTS) is 1. The minimum Gasteiger partial charge on any atom is -0.505 e. The van der Waals surface area contributed by atoms with Crippen molar-refractivity contribution in [2.45, 2.75) is 25.5 Å². The molecule has 5 nitrogen and oxygen atoms in total. The highest BCUT2D eigenvalue weighted by Gasteiger charge is 2.31. The highest BCUT2D eigenvalue weighted by Crippen LogP contribution is 2.29. The molecule has 1 aromatic carbocycles. The summed E-state index contributed by atoms with van der Waals surface area (Å²) in [6.45, 7) is 1.69. The van der Waals surface area contributed by atoms with Gasteiger partial charge in [-0.15, -0.1) is 0 Å². The number of nitrogens with zero attached hydrogens (tertiary/aromatic N) is 1. The fraction of sp³-hybridized carbons (Fsp3) is 0.533. The third kappa shape index (κ3) is 3.88. The number of phenols is 1. The number of piperidine rings is 1. The molecule has 2 rings (SSSR count). The number of methoxy groups -OCH3 is 1. The molecule has 2 N–H and O–H groups in total. The fourth-order valence-electron chi connectivity index (χ4n) is 2.89. The smallest absolute Gasteiger partial charge is 0.333 e. The summed E-state index contributed by atoms with van der Waals surface area (Å²) in [6, 6.07) is 2.62. The van der Waals surface area contributed by atoms with E-state index in [1.807, 2.05) is 4.90 Å². The van der Waals surface area contributed by atoms with Crippen molar-refractivity contribution in [3.63, 3.8) is 0 Å². The van der Waals surface area contributed by atoms with Crippen LogP contribution in [0, 0.1) is 11.7 Å². The first-order chi connectivity index (χ1) is 10.4. The van der Waals surface area contributed by atoms with Gasteiger partial charge in [0.1, 0.15) is 0 Å². The van der Waals surface area contributed by atoms with Gasteiger partial charge in [-0.1, -0.05) is 11.6 Å². The van der Waals surface area contributed by atoms with Crippen molar-refractivity contribution in [3.05, 3.63) is 28.5 Å². The van der Waals surface area contributed by atoms with Gasteiger partial charge < -0.3 is 14.9 Å². The van der Waals surface area contributed by atoms with Crippen molar-refractivity contribution in [2.24, 2.45) is 5.92 Å². The number of aromatic hydroxyl groups is 1. The molecule has 1 aliphatic heterocycles. The van der Waals surface area contributed by atoms with E-state index >= 15 is 0 Å². The minimum absolute atomic E-state index is 0.0385. The molecular formula is C15H19ClFNO4. The van der Waals surface area contributed by atoms with Crippen LogP contribution >= 0.6 is 11.6 Å². The number of ether oxygens (including phenoxy) is 1. The lowest BCUT2D eigenvalue weighted by Crippen LogP contribution is -2.41. The van der Waals surface area contributed by atoms with Gasteiger partial charge >= 0.3 is 5.97 Å². The van der Waals surface area contributed by atoms with E-state index in [1.165, 1.54) is 7.11 Å². The van der Waals surface area contributed by atoms with Gasteiger partial charge in [-0.2, -0.15) is 0 Å². The first-order valence-electron chi connectivity index (χ1n) is 7.07. The Kier molecular flexibility index (Phi) is 5.61. The van der Waals surface area contributed by atoms with Gasteiger partial charge in [-0.25, -0.2) is 9.18 Å². The van der Waals surface area contributed by atoms with E-state index in [9.17, 15) is 14.3 Å². The minimum atomic E-state index is -0.949. The predicted octanol–water partition coefficient (Wildman–Crippen LogP) is 2.50. The van der Waals surface area contributed by atoms with E-state index in [4.69, 9.17) is 21.4 Å². The van der Waals surface area contributed by atoms with Crippen LogP contribution in [0.3, 0.4) is 0 Å². The quantitative estimate of drug-likeness (QED) is 0.867. The third-order valence-electron chi connectivity index (χ3n) is 4.06. The van der Waals surface area contributed by atoms with Crippen LogP contribution in [0.4, 0.5) is 4.39 Å². The average molecular weight is 332 g/mol. The number of likely N-dealkylation sites (tertiary alicyclic amines) is 1. The second-order valence-electron chi connectivity index (χ2n) is 5.50. The summed E-state index contributed by atoms with van der Waals surface area (Å²) in [6.07, 6.45) is 0.558. The van der Waals surface area contributed by atoms with Gasteiger partial charge in [-0.05, 0) is 44.0 Å². The molecule has 1 aromatic rings. The van der Waals surface area contributed by atoms with E-state index in [2.05, 4.69) is 0 Å². The molecule has 1 atom stereocenters. The number of aliphatic carboxylic acids is 1. The van der Waals surface area contributed by atoms with Gasteiger partial charge in [0.2, 0.25) is 0 Å². The Morgan fingerprint density at radius 3 is 2.68 bits per heavy atom. The first-order valence-corrected chi connectivity index (χ1v) is 7.45. The van der Waals surface area contributed by atoms with Crippen LogP contribution in [-0.2, 0) is 16.1 Å². The summed E-state index contributed by atoms with van der Waals surface area (Å²) < 4.78 is 18.5. The SMILES string of the molecule is COC(C(=O)O)C1CCN(Cc2cc(Cl)cc(F)c2O)CC1. The molecule has 0 aromatic heterocycles. The largest absolute Gasteiger partial charge is 0.505 e. The Labute approximate surface area is 133 Å². The van der Waals surface area contributed by atoms with Crippen LogP contribution in [-0.4, -0.2) is 47.4 Å². The lowest BCUT2D eigenvalue weighted by Gasteiger charge is -2.34. The second-order valence-corrected chi connectivity index (χ2v) is 5.94. The van der Waals surface area contributed by atoms with Gasteiger partial charge in [0.25, 0.3) is 0 Å². The van der Waals surface area contributed by atoms with E-state index < -0.39 is 17.9 Å². The van der Waals surface area contributed by atoms with E-state index in [0.29, 0.717) is 38.0 Å². The third-order valence-corrected chi connectivity index (χ3v) is 4.28. The van der Waals surface area contributed by atoms with Gasteiger partial charge in [0.05, 0.1) is 0 Å². The summed E-state index contributed by atoms with van der Waals surface area (Å²) in [5.74, 6) is -2.10. The summed E-state index contributed by atoms with van der Waals surface area (Å²) in [5, 5.41) is 19.1. The monoisotopic (exact) mass is 331 g/mol. The van der Waals surface area contributed by atoms with E-state index in [-0.39, 0.29) is 16.7 Å². The number of rotatable bonds is 5. The zero-order chi connectivity index (χ0) is 16.3. The average Bonchev–Trinajstić information content (AvgIpc) is 2.46. The normalized spacial score (nSPS) is 18.3. The molecule has 1 unspecified atom stereocenters. The molecule has 1 saturated heterocycles. The zero-order valence-electron chi connectivity index (χ0n) is 12.3. The molecule has 0 bridgehead atoms. The Balaban J connectivity index is 1.97. The number of carbonyl (C=O) groups is 1. The number of halogens is 2. The highest BCUT2D eigenvalue weighted by molar-refractivity contribution is 6.30. The topological polar surface area (TPSA) is 70.0 Å². The van der Waals surface area contributed by atoms with Crippen molar-refractivity contribution in [2.75, 3.05) is 20.2 Å². The van der Waals surface area contributed by atoms with Crippen LogP contribution in [0.25, 0.3) is 0 Å². The summed E-state index contributed by atoms with van der Waals surface area (Å²) in [4.78, 5) is 13.1. The highest BCUT2D eigenvalue weighted by atomic mass is 35.5. The summed E-state index contributed by atoms with van der Waals surface area (Å²) >= 11 is 5.81. The number of benzene rings is 1. The Morgan fingerprint density at radius 2 is 2.14 bits per heavy atom. The van der Waals surface area contributed by atoms with Crippen LogP contribution in [0.1, 0.15) is 18.4 Å². The Morgan fingerprint density at radius 1 is 1.50 bits per heavy atom. The molecule has 7 heteroatoms. The zero-order valence-corrected chi connectivity index (χ0v) is 13.0. The van der Waals surface area contributed by atoms with Gasteiger partial charge in [-0.3, -0.25) is 4.90 Å². The molecular weight excluding hydrogens is 313 g/mol. The van der Waals surface area contributed by atoms with Crippen LogP contribution in [0.2, 0.25) is 5.02 Å². The lowest BCUT2D eigenvalue weighted by atomic mass is 9.91. The van der Waals surface area contributed by atoms with E-state index in [1.54, 1.807) is 6.07 Å². The molecule has 0 spiro atoms. The predicted molar refractivity (Wildman–Crippen MR) is 79.5 cm³/mol. The van der Waals surface area contributed by atoms with Crippen LogP contribution < -0.4 is 0 Å². The van der Waals surface area contributed by atoms with E-state index in [0.717, 1.165) is 6.07 Å². The number of hydrogen-bond donors (Lipinski definition) is 2. The molecule has 0 amide bonds. The molecule has 122 valence electrons. The van der Waals surface area contributed by atoms with Gasteiger partial charge in [0.15, 0.2) is 17.7 Å². The maximum Gasteiger partial charge on any atom is 0.333 e. The summed E-state index contributed by atoms with van der Waals surface area (Å²) in [7, 11) is 1.40.